The molecule has 2 aromatic heterocycles. The van der Waals surface area contributed by atoms with Crippen LogP contribution in [-0.4, -0.2) is 16.6 Å². The second-order valence-corrected chi connectivity index (χ2v) is 9.07. The number of hydrogen-bond acceptors (Lipinski definition) is 5. The lowest BCUT2D eigenvalue weighted by Crippen LogP contribution is -2.30. The molecule has 0 saturated carbocycles. The first-order valence-corrected chi connectivity index (χ1v) is 11.3. The Morgan fingerprint density at radius 2 is 1.93 bits per heavy atom. The van der Waals surface area contributed by atoms with Crippen LogP contribution in [0, 0.1) is 13.8 Å². The minimum absolute atomic E-state index is 0.0534. The quantitative estimate of drug-likeness (QED) is 0.332. The summed E-state index contributed by atoms with van der Waals surface area (Å²) in [6.07, 6.45) is 2.07. The van der Waals surface area contributed by atoms with E-state index in [1.807, 2.05) is 37.3 Å². The van der Waals surface area contributed by atoms with Gasteiger partial charge in [0.05, 0.1) is 23.0 Å². The molecule has 2 aromatic carbocycles. The summed E-state index contributed by atoms with van der Waals surface area (Å²) < 4.78 is 6.59. The van der Waals surface area contributed by atoms with Crippen LogP contribution in [0.2, 0.25) is 0 Å². The molecule has 148 valence electrons. The highest BCUT2D eigenvalue weighted by Crippen LogP contribution is 2.32. The molecule has 0 aliphatic rings. The molecule has 0 unspecified atom stereocenters. The Hall–Kier alpha value is -2.57. The number of rotatable bonds is 7. The average Bonchev–Trinajstić information content (AvgIpc) is 3.37. The van der Waals surface area contributed by atoms with Gasteiger partial charge in [0.25, 0.3) is 0 Å². The van der Waals surface area contributed by atoms with Gasteiger partial charge in [0.2, 0.25) is 5.91 Å². The summed E-state index contributed by atoms with van der Waals surface area (Å²) in [5, 5.41) is 0.719. The maximum Gasteiger partial charge on any atom is 0.230 e. The van der Waals surface area contributed by atoms with Crippen molar-refractivity contribution < 1.29 is 9.21 Å². The first kappa shape index (κ1) is 19.7. The number of thiazole rings is 1. The summed E-state index contributed by atoms with van der Waals surface area (Å²) in [4.78, 5) is 20.8. The minimum Gasteiger partial charge on any atom is -0.467 e. The number of benzene rings is 2. The summed E-state index contributed by atoms with van der Waals surface area (Å²) in [6, 6.07) is 18.2. The molecule has 2 heterocycles. The van der Waals surface area contributed by atoms with Crippen molar-refractivity contribution in [3.63, 3.8) is 0 Å². The molecule has 6 heteroatoms. The van der Waals surface area contributed by atoms with Crippen LogP contribution in [0.1, 0.15) is 23.3 Å². The Kier molecular flexibility index (Phi) is 6.02. The van der Waals surface area contributed by atoms with Crippen molar-refractivity contribution in [3.8, 4) is 0 Å². The molecule has 4 rings (SSSR count). The number of anilines is 1. The zero-order valence-electron chi connectivity index (χ0n) is 16.4. The zero-order valence-corrected chi connectivity index (χ0v) is 18.1. The lowest BCUT2D eigenvalue weighted by atomic mass is 10.2. The molecular weight excluding hydrogens is 400 g/mol. The number of furan rings is 1. The maximum atomic E-state index is 13.1. The topological polar surface area (TPSA) is 46.3 Å². The van der Waals surface area contributed by atoms with Gasteiger partial charge in [-0.3, -0.25) is 9.69 Å². The molecule has 0 saturated heterocycles. The summed E-state index contributed by atoms with van der Waals surface area (Å²) >= 11 is 3.24. The number of fused-ring (bicyclic) bond motifs is 1. The van der Waals surface area contributed by atoms with Crippen molar-refractivity contribution in [3.05, 3.63) is 77.7 Å². The number of thioether (sulfide) groups is 1. The van der Waals surface area contributed by atoms with E-state index in [-0.39, 0.29) is 5.91 Å². The highest BCUT2D eigenvalue weighted by molar-refractivity contribution is 7.99. The van der Waals surface area contributed by atoms with E-state index in [4.69, 9.17) is 9.40 Å². The average molecular weight is 423 g/mol. The molecule has 0 aliphatic carbocycles. The van der Waals surface area contributed by atoms with Gasteiger partial charge in [-0.15, -0.1) is 11.8 Å². The third-order valence-electron chi connectivity index (χ3n) is 4.64. The van der Waals surface area contributed by atoms with E-state index >= 15 is 0 Å². The number of hydrogen-bond donors (Lipinski definition) is 0. The fraction of sp³-hybridized carbons (Fsp3) is 0.217. The van der Waals surface area contributed by atoms with Crippen LogP contribution in [0.25, 0.3) is 10.2 Å². The van der Waals surface area contributed by atoms with Crippen LogP contribution < -0.4 is 4.90 Å². The van der Waals surface area contributed by atoms with Gasteiger partial charge >= 0.3 is 0 Å². The summed E-state index contributed by atoms with van der Waals surface area (Å²) in [6.45, 7) is 4.51. The number of aromatic nitrogens is 1. The normalized spacial score (nSPS) is 11.1. The molecule has 4 nitrogen and oxygen atoms in total. The van der Waals surface area contributed by atoms with Crippen LogP contribution in [-0.2, 0) is 11.3 Å². The Morgan fingerprint density at radius 3 is 2.66 bits per heavy atom. The monoisotopic (exact) mass is 422 g/mol. The maximum absolute atomic E-state index is 13.1. The molecule has 29 heavy (non-hydrogen) atoms. The van der Waals surface area contributed by atoms with E-state index < -0.39 is 0 Å². The summed E-state index contributed by atoms with van der Waals surface area (Å²) in [5.41, 5.74) is 3.31. The minimum atomic E-state index is 0.0534. The third-order valence-corrected chi connectivity index (χ3v) is 6.70. The molecular formula is C23H22N2O2S2. The molecule has 0 aliphatic heterocycles. The van der Waals surface area contributed by atoms with Gasteiger partial charge in [-0.25, -0.2) is 4.98 Å². The van der Waals surface area contributed by atoms with Crippen LogP contribution in [0.15, 0.2) is 70.2 Å². The smallest absolute Gasteiger partial charge is 0.230 e. The predicted octanol–water partition coefficient (Wildman–Crippen LogP) is 6.22. The number of aryl methyl sites for hydroxylation is 2. The number of carbonyl (C=O) groups excluding carboxylic acids is 1. The highest BCUT2D eigenvalue weighted by atomic mass is 32.2. The SMILES string of the molecule is Cc1ccc(SCCC(=O)N(Cc2ccco2)c2nc3c(C)cccc3s2)cc1. The van der Waals surface area contributed by atoms with Crippen molar-refractivity contribution in [2.75, 3.05) is 10.7 Å². The number of nitrogens with zero attached hydrogens (tertiary/aromatic N) is 2. The number of amides is 1. The molecule has 0 N–H and O–H groups in total. The van der Waals surface area contributed by atoms with Crippen molar-refractivity contribution >= 4 is 44.4 Å². The van der Waals surface area contributed by atoms with Crippen LogP contribution >= 0.6 is 23.1 Å². The summed E-state index contributed by atoms with van der Waals surface area (Å²) in [5.74, 6) is 1.53. The van der Waals surface area contributed by atoms with Crippen LogP contribution in [0.4, 0.5) is 5.13 Å². The van der Waals surface area contributed by atoms with E-state index in [1.54, 1.807) is 34.3 Å². The Morgan fingerprint density at radius 1 is 1.10 bits per heavy atom. The van der Waals surface area contributed by atoms with Crippen molar-refractivity contribution in [1.82, 2.24) is 4.98 Å². The van der Waals surface area contributed by atoms with E-state index in [0.717, 1.165) is 32.4 Å². The molecule has 0 atom stereocenters. The molecule has 0 bridgehead atoms. The van der Waals surface area contributed by atoms with Gasteiger partial charge < -0.3 is 4.42 Å². The molecule has 0 fully saturated rings. The molecule has 0 radical (unpaired) electrons. The second kappa shape index (κ2) is 8.84. The van der Waals surface area contributed by atoms with Gasteiger partial charge in [0.15, 0.2) is 5.13 Å². The Balaban J connectivity index is 1.52. The van der Waals surface area contributed by atoms with Crippen LogP contribution in [0.3, 0.4) is 0 Å². The van der Waals surface area contributed by atoms with Crippen molar-refractivity contribution in [2.45, 2.75) is 31.7 Å². The summed E-state index contributed by atoms with van der Waals surface area (Å²) in [7, 11) is 0. The first-order chi connectivity index (χ1) is 14.1. The standard InChI is InChI=1S/C23H22N2O2S2/c1-16-8-10-19(11-9-16)28-14-12-21(26)25(15-18-6-4-13-27-18)23-24-22-17(2)5-3-7-20(22)29-23/h3-11,13H,12,14-15H2,1-2H3. The van der Waals surface area contributed by atoms with Crippen molar-refractivity contribution in [1.29, 1.82) is 0 Å². The van der Waals surface area contributed by atoms with E-state index in [0.29, 0.717) is 13.0 Å². The highest BCUT2D eigenvalue weighted by Gasteiger charge is 2.21. The fourth-order valence-electron chi connectivity index (χ4n) is 3.04. The zero-order chi connectivity index (χ0) is 20.2. The number of carbonyl (C=O) groups is 1. The van der Waals surface area contributed by atoms with E-state index in [1.165, 1.54) is 10.5 Å². The van der Waals surface area contributed by atoms with Gasteiger partial charge in [-0.2, -0.15) is 0 Å². The Labute approximate surface area is 178 Å². The Bertz CT molecular complexity index is 1100. The van der Waals surface area contributed by atoms with E-state index in [9.17, 15) is 4.79 Å². The third kappa shape index (κ3) is 4.71. The molecule has 4 aromatic rings. The van der Waals surface area contributed by atoms with Gasteiger partial charge in [-0.1, -0.05) is 41.2 Å². The molecule has 1 amide bonds. The molecule has 0 spiro atoms. The van der Waals surface area contributed by atoms with E-state index in [2.05, 4.69) is 31.2 Å². The van der Waals surface area contributed by atoms with Gasteiger partial charge in [0, 0.05) is 17.1 Å². The lowest BCUT2D eigenvalue weighted by Gasteiger charge is -2.18. The predicted molar refractivity (Wildman–Crippen MR) is 121 cm³/mol. The van der Waals surface area contributed by atoms with Crippen LogP contribution in [0.5, 0.6) is 0 Å². The first-order valence-electron chi connectivity index (χ1n) is 9.48. The van der Waals surface area contributed by atoms with Gasteiger partial charge in [-0.05, 0) is 49.7 Å². The van der Waals surface area contributed by atoms with Gasteiger partial charge in [0.1, 0.15) is 5.76 Å². The largest absolute Gasteiger partial charge is 0.467 e. The lowest BCUT2D eigenvalue weighted by molar-refractivity contribution is -0.118. The number of para-hydroxylation sites is 1. The fourth-order valence-corrected chi connectivity index (χ4v) is 4.94. The van der Waals surface area contributed by atoms with Crippen molar-refractivity contribution in [2.24, 2.45) is 0 Å². The second-order valence-electron chi connectivity index (χ2n) is 6.89.